The van der Waals surface area contributed by atoms with Gasteiger partial charge in [0.1, 0.15) is 11.9 Å². The molecule has 24 heavy (non-hydrogen) atoms. The van der Waals surface area contributed by atoms with Crippen LogP contribution in [0.2, 0.25) is 0 Å². The number of nitrogens with zero attached hydrogens (tertiary/aromatic N) is 1. The Balaban J connectivity index is 1.59. The first-order chi connectivity index (χ1) is 11.7. The summed E-state index contributed by atoms with van der Waals surface area (Å²) >= 11 is 0. The maximum atomic E-state index is 12.5. The first-order valence-electron chi connectivity index (χ1n) is 8.49. The van der Waals surface area contributed by atoms with Crippen molar-refractivity contribution in [2.45, 2.75) is 32.6 Å². The Bertz CT molecular complexity index is 823. The van der Waals surface area contributed by atoms with E-state index in [4.69, 9.17) is 0 Å². The number of benzene rings is 1. The minimum atomic E-state index is -0.0778. The number of amides is 1. The van der Waals surface area contributed by atoms with Crippen LogP contribution in [0.3, 0.4) is 0 Å². The van der Waals surface area contributed by atoms with Crippen molar-refractivity contribution in [3.63, 3.8) is 0 Å². The van der Waals surface area contributed by atoms with E-state index >= 15 is 0 Å². The molecule has 0 fully saturated rings. The summed E-state index contributed by atoms with van der Waals surface area (Å²) in [5.41, 5.74) is 4.50. The molecule has 4 nitrogen and oxygen atoms in total. The third kappa shape index (κ3) is 3.65. The van der Waals surface area contributed by atoms with Crippen LogP contribution in [0.4, 0.5) is 0 Å². The molecule has 0 aliphatic heterocycles. The summed E-state index contributed by atoms with van der Waals surface area (Å²) in [6.45, 7) is 4.76. The third-order valence-electron chi connectivity index (χ3n) is 4.34. The Morgan fingerprint density at radius 2 is 2.04 bits per heavy atom. The highest BCUT2D eigenvalue weighted by atomic mass is 16.1. The quantitative estimate of drug-likeness (QED) is 0.674. The number of pyridine rings is 1. The number of hydrogen-bond donors (Lipinski definition) is 2. The molecular formula is C20H24N3O+. The Kier molecular flexibility index (Phi) is 4.94. The first kappa shape index (κ1) is 16.2. The number of aromatic nitrogens is 2. The fourth-order valence-corrected chi connectivity index (χ4v) is 3.02. The second kappa shape index (κ2) is 7.30. The van der Waals surface area contributed by atoms with Gasteiger partial charge in [-0.3, -0.25) is 4.79 Å². The molecule has 124 valence electrons. The molecule has 0 saturated heterocycles. The Morgan fingerprint density at radius 1 is 1.25 bits per heavy atom. The average molecular weight is 322 g/mol. The zero-order valence-electron chi connectivity index (χ0n) is 14.3. The molecule has 1 amide bonds. The third-order valence-corrected chi connectivity index (χ3v) is 4.34. The van der Waals surface area contributed by atoms with E-state index in [0.29, 0.717) is 6.54 Å². The molecule has 0 radical (unpaired) electrons. The lowest BCUT2D eigenvalue weighted by Crippen LogP contribution is -2.31. The van der Waals surface area contributed by atoms with Gasteiger partial charge in [0, 0.05) is 19.0 Å². The summed E-state index contributed by atoms with van der Waals surface area (Å²) in [5.74, 6) is 0.0225. The minimum Gasteiger partial charge on any atom is -0.355 e. The SMILES string of the molecule is CCC(C(=O)NCCc1c[n+]2ccc(C)cc2[nH]1)c1ccccc1. The lowest BCUT2D eigenvalue weighted by molar-refractivity contribution is -0.510. The molecule has 0 aliphatic carbocycles. The fraction of sp³-hybridized carbons (Fsp3) is 0.300. The van der Waals surface area contributed by atoms with Crippen LogP contribution < -0.4 is 9.72 Å². The average Bonchev–Trinajstić information content (AvgIpc) is 2.98. The highest BCUT2D eigenvalue weighted by Crippen LogP contribution is 2.19. The summed E-state index contributed by atoms with van der Waals surface area (Å²) in [7, 11) is 0. The Morgan fingerprint density at radius 3 is 2.79 bits per heavy atom. The van der Waals surface area contributed by atoms with E-state index in [1.807, 2.05) is 43.5 Å². The van der Waals surface area contributed by atoms with Crippen molar-refractivity contribution in [3.05, 3.63) is 71.7 Å². The predicted octanol–water partition coefficient (Wildman–Crippen LogP) is 2.91. The van der Waals surface area contributed by atoms with Gasteiger partial charge in [-0.05, 0) is 30.5 Å². The van der Waals surface area contributed by atoms with Gasteiger partial charge in [-0.2, -0.15) is 0 Å². The van der Waals surface area contributed by atoms with Crippen molar-refractivity contribution >= 4 is 11.6 Å². The van der Waals surface area contributed by atoms with Gasteiger partial charge in [0.25, 0.3) is 5.65 Å². The van der Waals surface area contributed by atoms with E-state index in [0.717, 1.165) is 29.7 Å². The van der Waals surface area contributed by atoms with Crippen molar-refractivity contribution in [2.75, 3.05) is 6.54 Å². The van der Waals surface area contributed by atoms with Gasteiger partial charge in [0.15, 0.2) is 0 Å². The molecule has 1 aromatic carbocycles. The number of carbonyl (C=O) groups excluding carboxylic acids is 1. The van der Waals surface area contributed by atoms with Crippen LogP contribution in [0.5, 0.6) is 0 Å². The highest BCUT2D eigenvalue weighted by molar-refractivity contribution is 5.83. The number of aryl methyl sites for hydroxylation is 1. The number of H-pyrrole nitrogens is 1. The van der Waals surface area contributed by atoms with E-state index in [1.54, 1.807) is 0 Å². The zero-order chi connectivity index (χ0) is 16.9. The van der Waals surface area contributed by atoms with Gasteiger partial charge in [-0.1, -0.05) is 37.3 Å². The van der Waals surface area contributed by atoms with Gasteiger partial charge < -0.3 is 5.32 Å². The summed E-state index contributed by atoms with van der Waals surface area (Å²) in [6, 6.07) is 14.2. The van der Waals surface area contributed by atoms with Crippen molar-refractivity contribution in [2.24, 2.45) is 0 Å². The monoisotopic (exact) mass is 322 g/mol. The van der Waals surface area contributed by atoms with Gasteiger partial charge in [-0.25, -0.2) is 9.38 Å². The number of fused-ring (bicyclic) bond motifs is 1. The number of imidazole rings is 1. The molecule has 0 bridgehead atoms. The maximum Gasteiger partial charge on any atom is 0.284 e. The summed E-state index contributed by atoms with van der Waals surface area (Å²) < 4.78 is 2.07. The first-order valence-corrected chi connectivity index (χ1v) is 8.49. The van der Waals surface area contributed by atoms with Crippen LogP contribution in [-0.2, 0) is 11.2 Å². The Hall–Kier alpha value is -2.62. The highest BCUT2D eigenvalue weighted by Gasteiger charge is 2.18. The van der Waals surface area contributed by atoms with Crippen molar-refractivity contribution in [1.29, 1.82) is 0 Å². The van der Waals surface area contributed by atoms with Crippen LogP contribution in [0.15, 0.2) is 54.9 Å². The van der Waals surface area contributed by atoms with Crippen molar-refractivity contribution < 1.29 is 9.20 Å². The van der Waals surface area contributed by atoms with E-state index in [9.17, 15) is 4.79 Å². The van der Waals surface area contributed by atoms with Crippen molar-refractivity contribution in [1.82, 2.24) is 10.3 Å². The van der Waals surface area contributed by atoms with E-state index in [2.05, 4.69) is 40.0 Å². The molecule has 2 N–H and O–H groups in total. The smallest absolute Gasteiger partial charge is 0.284 e. The van der Waals surface area contributed by atoms with Gasteiger partial charge in [-0.15, -0.1) is 0 Å². The van der Waals surface area contributed by atoms with Crippen LogP contribution >= 0.6 is 0 Å². The molecule has 0 spiro atoms. The van der Waals surface area contributed by atoms with Crippen molar-refractivity contribution in [3.8, 4) is 0 Å². The van der Waals surface area contributed by atoms with Crippen LogP contribution in [0, 0.1) is 6.92 Å². The molecule has 2 heterocycles. The summed E-state index contributed by atoms with van der Waals surface area (Å²) in [5, 5.41) is 3.07. The lowest BCUT2D eigenvalue weighted by Gasteiger charge is -2.14. The van der Waals surface area contributed by atoms with Gasteiger partial charge in [0.2, 0.25) is 5.91 Å². The second-order valence-electron chi connectivity index (χ2n) is 6.19. The molecule has 1 unspecified atom stereocenters. The maximum absolute atomic E-state index is 12.5. The van der Waals surface area contributed by atoms with E-state index in [-0.39, 0.29) is 11.8 Å². The van der Waals surface area contributed by atoms with E-state index in [1.165, 1.54) is 5.56 Å². The Labute approximate surface area is 142 Å². The molecule has 3 rings (SSSR count). The number of hydrogen-bond acceptors (Lipinski definition) is 1. The fourth-order valence-electron chi connectivity index (χ4n) is 3.02. The lowest BCUT2D eigenvalue weighted by atomic mass is 9.96. The van der Waals surface area contributed by atoms with Crippen LogP contribution in [-0.4, -0.2) is 17.4 Å². The largest absolute Gasteiger partial charge is 0.355 e. The summed E-state index contributed by atoms with van der Waals surface area (Å²) in [6.07, 6.45) is 5.72. The zero-order valence-corrected chi connectivity index (χ0v) is 14.3. The molecule has 3 aromatic rings. The molecule has 4 heteroatoms. The second-order valence-corrected chi connectivity index (χ2v) is 6.19. The molecule has 1 atom stereocenters. The number of aromatic amines is 1. The predicted molar refractivity (Wildman–Crippen MR) is 94.9 cm³/mol. The van der Waals surface area contributed by atoms with Crippen LogP contribution in [0.25, 0.3) is 5.65 Å². The van der Waals surface area contributed by atoms with E-state index < -0.39 is 0 Å². The number of nitrogens with one attached hydrogen (secondary N) is 2. The molecule has 0 saturated carbocycles. The minimum absolute atomic E-state index is 0.0778. The molecule has 0 aliphatic rings. The normalized spacial score (nSPS) is 12.2. The number of carbonyl (C=O) groups is 1. The standard InChI is InChI=1S/C20H23N3O/c1-3-18(16-7-5-4-6-8-16)20(24)21-11-9-17-14-23-12-10-15(2)13-19(23)22-17/h4-8,10,12-14,18H,3,9,11H2,1-2H3,(H,21,24)/p+1. The van der Waals surface area contributed by atoms with Gasteiger partial charge in [0.05, 0.1) is 12.1 Å². The molecular weight excluding hydrogens is 298 g/mol. The van der Waals surface area contributed by atoms with Crippen LogP contribution in [0.1, 0.15) is 36.1 Å². The van der Waals surface area contributed by atoms with Gasteiger partial charge >= 0.3 is 0 Å². The summed E-state index contributed by atoms with van der Waals surface area (Å²) in [4.78, 5) is 15.9. The molecule has 2 aromatic heterocycles. The number of rotatable bonds is 6. The topological polar surface area (TPSA) is 49.0 Å².